The van der Waals surface area contributed by atoms with Gasteiger partial charge in [0, 0.05) is 25.5 Å². The first-order valence-electron chi connectivity index (χ1n) is 4.60. The number of aryl methyl sites for hydroxylation is 1. The lowest BCUT2D eigenvalue weighted by molar-refractivity contribution is 0.139. The summed E-state index contributed by atoms with van der Waals surface area (Å²) in [4.78, 5) is 4.04. The minimum atomic E-state index is 0.604. The zero-order chi connectivity index (χ0) is 9.36. The van der Waals surface area contributed by atoms with Crippen molar-refractivity contribution < 1.29 is 4.74 Å². The molecule has 0 atom stereocenters. The zero-order valence-electron chi connectivity index (χ0n) is 7.78. The molecule has 0 aliphatic heterocycles. The van der Waals surface area contributed by atoms with E-state index in [1.54, 1.807) is 6.20 Å². The van der Waals surface area contributed by atoms with Gasteiger partial charge in [-0.15, -0.1) is 0 Å². The van der Waals surface area contributed by atoms with E-state index in [1.807, 2.05) is 12.3 Å². The van der Waals surface area contributed by atoms with Crippen molar-refractivity contribution in [1.29, 1.82) is 0 Å². The van der Waals surface area contributed by atoms with Crippen LogP contribution in [-0.2, 0) is 11.2 Å². The van der Waals surface area contributed by atoms with E-state index in [0.29, 0.717) is 13.2 Å². The summed E-state index contributed by atoms with van der Waals surface area (Å²) in [6.07, 6.45) is 5.74. The molecule has 0 spiro atoms. The van der Waals surface area contributed by atoms with Crippen molar-refractivity contribution in [1.82, 2.24) is 4.98 Å². The van der Waals surface area contributed by atoms with Crippen molar-refractivity contribution in [2.75, 3.05) is 19.8 Å². The molecule has 0 unspecified atom stereocenters. The third-order valence-corrected chi connectivity index (χ3v) is 1.74. The van der Waals surface area contributed by atoms with Crippen LogP contribution in [0.3, 0.4) is 0 Å². The van der Waals surface area contributed by atoms with E-state index in [4.69, 9.17) is 10.5 Å². The second-order valence-electron chi connectivity index (χ2n) is 2.87. The van der Waals surface area contributed by atoms with Crippen LogP contribution in [-0.4, -0.2) is 24.7 Å². The summed E-state index contributed by atoms with van der Waals surface area (Å²) in [5, 5.41) is 0. The highest BCUT2D eigenvalue weighted by molar-refractivity contribution is 5.08. The van der Waals surface area contributed by atoms with Crippen LogP contribution in [0.1, 0.15) is 12.0 Å². The van der Waals surface area contributed by atoms with E-state index < -0.39 is 0 Å². The van der Waals surface area contributed by atoms with Gasteiger partial charge in [-0.3, -0.25) is 4.98 Å². The molecule has 3 nitrogen and oxygen atoms in total. The molecule has 13 heavy (non-hydrogen) atoms. The van der Waals surface area contributed by atoms with Gasteiger partial charge in [0.15, 0.2) is 0 Å². The van der Waals surface area contributed by atoms with Crippen LogP contribution in [0.4, 0.5) is 0 Å². The van der Waals surface area contributed by atoms with Crippen molar-refractivity contribution in [3.05, 3.63) is 30.1 Å². The Labute approximate surface area is 78.9 Å². The fourth-order valence-electron chi connectivity index (χ4n) is 1.11. The predicted octanol–water partition coefficient (Wildman–Crippen LogP) is 0.989. The van der Waals surface area contributed by atoms with E-state index in [-0.39, 0.29) is 0 Å². The van der Waals surface area contributed by atoms with Gasteiger partial charge in [-0.25, -0.2) is 0 Å². The minimum absolute atomic E-state index is 0.604. The Morgan fingerprint density at radius 3 is 3.00 bits per heavy atom. The van der Waals surface area contributed by atoms with E-state index >= 15 is 0 Å². The molecule has 1 heterocycles. The molecule has 0 fully saturated rings. The van der Waals surface area contributed by atoms with E-state index in [1.165, 1.54) is 5.56 Å². The predicted molar refractivity (Wildman–Crippen MR) is 52.4 cm³/mol. The molecule has 1 aromatic heterocycles. The van der Waals surface area contributed by atoms with Crippen LogP contribution in [0.2, 0.25) is 0 Å². The van der Waals surface area contributed by atoms with Crippen molar-refractivity contribution in [2.45, 2.75) is 12.8 Å². The molecule has 72 valence electrons. The summed E-state index contributed by atoms with van der Waals surface area (Å²) < 4.78 is 5.26. The Balaban J connectivity index is 2.07. The first-order valence-corrected chi connectivity index (χ1v) is 4.60. The van der Waals surface area contributed by atoms with E-state index in [0.717, 1.165) is 19.4 Å². The Morgan fingerprint density at radius 1 is 1.38 bits per heavy atom. The summed E-state index contributed by atoms with van der Waals surface area (Å²) in [5.74, 6) is 0. The lowest BCUT2D eigenvalue weighted by atomic mass is 10.2. The van der Waals surface area contributed by atoms with Gasteiger partial charge in [0.1, 0.15) is 0 Å². The summed E-state index contributed by atoms with van der Waals surface area (Å²) in [5.41, 5.74) is 6.55. The van der Waals surface area contributed by atoms with Crippen molar-refractivity contribution in [2.24, 2.45) is 5.73 Å². The molecule has 1 aromatic rings. The lowest BCUT2D eigenvalue weighted by Gasteiger charge is -2.01. The normalized spacial score (nSPS) is 10.2. The quantitative estimate of drug-likeness (QED) is 0.664. The van der Waals surface area contributed by atoms with Crippen LogP contribution < -0.4 is 5.73 Å². The molecular formula is C10H16N2O. The fraction of sp³-hybridized carbons (Fsp3) is 0.500. The highest BCUT2D eigenvalue weighted by Gasteiger charge is 1.92. The molecule has 0 aliphatic carbocycles. The van der Waals surface area contributed by atoms with Crippen LogP contribution in [0.25, 0.3) is 0 Å². The number of aromatic nitrogens is 1. The molecular weight excluding hydrogens is 164 g/mol. The molecule has 0 saturated heterocycles. The molecule has 3 heteroatoms. The van der Waals surface area contributed by atoms with Gasteiger partial charge in [0.25, 0.3) is 0 Å². The van der Waals surface area contributed by atoms with Gasteiger partial charge >= 0.3 is 0 Å². The maximum atomic E-state index is 5.29. The Kier molecular flexibility index (Phi) is 5.13. The number of hydrogen-bond donors (Lipinski definition) is 1. The third kappa shape index (κ3) is 4.60. The molecule has 2 N–H and O–H groups in total. The average molecular weight is 180 g/mol. The highest BCUT2D eigenvalue weighted by Crippen LogP contribution is 1.99. The zero-order valence-corrected chi connectivity index (χ0v) is 7.78. The molecule has 0 bridgehead atoms. The van der Waals surface area contributed by atoms with Crippen LogP contribution in [0.5, 0.6) is 0 Å². The lowest BCUT2D eigenvalue weighted by Crippen LogP contribution is -2.09. The van der Waals surface area contributed by atoms with Crippen molar-refractivity contribution >= 4 is 0 Å². The topological polar surface area (TPSA) is 48.1 Å². The number of hydrogen-bond acceptors (Lipinski definition) is 3. The SMILES string of the molecule is NCCOCCCc1cccnc1. The van der Waals surface area contributed by atoms with Gasteiger partial charge in [-0.1, -0.05) is 6.07 Å². The maximum absolute atomic E-state index is 5.29. The first-order chi connectivity index (χ1) is 6.43. The summed E-state index contributed by atoms with van der Waals surface area (Å²) in [7, 11) is 0. The fourth-order valence-corrected chi connectivity index (χ4v) is 1.11. The third-order valence-electron chi connectivity index (χ3n) is 1.74. The van der Waals surface area contributed by atoms with Gasteiger partial charge < -0.3 is 10.5 Å². The summed E-state index contributed by atoms with van der Waals surface area (Å²) >= 11 is 0. The smallest absolute Gasteiger partial charge is 0.0588 e. The van der Waals surface area contributed by atoms with Gasteiger partial charge in [-0.2, -0.15) is 0 Å². The highest BCUT2D eigenvalue weighted by atomic mass is 16.5. The van der Waals surface area contributed by atoms with Crippen LogP contribution in [0, 0.1) is 0 Å². The van der Waals surface area contributed by atoms with E-state index in [2.05, 4.69) is 11.1 Å². The molecule has 1 rings (SSSR count). The van der Waals surface area contributed by atoms with Gasteiger partial charge in [-0.05, 0) is 24.5 Å². The Bertz CT molecular complexity index is 213. The standard InChI is InChI=1S/C10H16N2O/c11-5-8-13-7-2-4-10-3-1-6-12-9-10/h1,3,6,9H,2,4-5,7-8,11H2. The molecule has 0 radical (unpaired) electrons. The van der Waals surface area contributed by atoms with Gasteiger partial charge in [0.2, 0.25) is 0 Å². The number of ether oxygens (including phenoxy) is 1. The molecule has 0 aliphatic rings. The number of nitrogens with zero attached hydrogens (tertiary/aromatic N) is 1. The second-order valence-corrected chi connectivity index (χ2v) is 2.87. The Hall–Kier alpha value is -0.930. The number of rotatable bonds is 6. The monoisotopic (exact) mass is 180 g/mol. The summed E-state index contributed by atoms with van der Waals surface area (Å²) in [6, 6.07) is 4.03. The minimum Gasteiger partial charge on any atom is -0.380 e. The maximum Gasteiger partial charge on any atom is 0.0588 e. The van der Waals surface area contributed by atoms with Crippen LogP contribution in [0.15, 0.2) is 24.5 Å². The molecule has 0 amide bonds. The molecule has 0 saturated carbocycles. The second kappa shape index (κ2) is 6.57. The van der Waals surface area contributed by atoms with Crippen LogP contribution >= 0.6 is 0 Å². The number of nitrogens with two attached hydrogens (primary N) is 1. The summed E-state index contributed by atoms with van der Waals surface area (Å²) in [6.45, 7) is 2.05. The number of pyridine rings is 1. The largest absolute Gasteiger partial charge is 0.380 e. The van der Waals surface area contributed by atoms with Crippen molar-refractivity contribution in [3.63, 3.8) is 0 Å². The van der Waals surface area contributed by atoms with Gasteiger partial charge in [0.05, 0.1) is 6.61 Å². The average Bonchev–Trinajstić information content (AvgIpc) is 2.19. The Morgan fingerprint density at radius 2 is 2.31 bits per heavy atom. The van der Waals surface area contributed by atoms with E-state index in [9.17, 15) is 0 Å². The van der Waals surface area contributed by atoms with Crippen molar-refractivity contribution in [3.8, 4) is 0 Å². The molecule has 0 aromatic carbocycles. The first kappa shape index (κ1) is 10.2.